The number of carbonyl (C=O) groups is 3. The summed E-state index contributed by atoms with van der Waals surface area (Å²) >= 11 is 7.02. The number of benzene rings is 2. The van der Waals surface area contributed by atoms with Gasteiger partial charge in [-0.15, -0.1) is 0 Å². The Morgan fingerprint density at radius 1 is 1.07 bits per heavy atom. The first-order chi connectivity index (χ1) is 14.2. The molecule has 30 heavy (non-hydrogen) atoms. The van der Waals surface area contributed by atoms with Crippen molar-refractivity contribution in [2.45, 2.75) is 26.4 Å². The van der Waals surface area contributed by atoms with Crippen molar-refractivity contribution in [2.75, 3.05) is 4.90 Å². The molecule has 2 amide bonds. The van der Waals surface area contributed by atoms with Gasteiger partial charge in [-0.1, -0.05) is 41.9 Å². The van der Waals surface area contributed by atoms with E-state index in [-0.39, 0.29) is 20.7 Å². The largest absolute Gasteiger partial charge is 0.457 e. The maximum Gasteiger partial charge on any atom is 0.332 e. The lowest BCUT2D eigenvalue weighted by Crippen LogP contribution is -2.29. The van der Waals surface area contributed by atoms with Crippen LogP contribution in [0.15, 0.2) is 70.6 Å². The molecular weight excluding hydrogens is 424 g/mol. The third kappa shape index (κ3) is 5.17. The number of ether oxygens (including phenoxy) is 1. The number of nitrogens with zero attached hydrogens (tertiary/aromatic N) is 2. The van der Waals surface area contributed by atoms with Gasteiger partial charge in [-0.25, -0.2) is 4.79 Å². The monoisotopic (exact) mass is 442 g/mol. The molecule has 0 aromatic heterocycles. The maximum absolute atomic E-state index is 13.0. The second-order valence-corrected chi connectivity index (χ2v) is 8.72. The molecule has 0 radical (unpaired) electrons. The van der Waals surface area contributed by atoms with E-state index in [2.05, 4.69) is 4.99 Å². The van der Waals surface area contributed by atoms with Crippen LogP contribution >= 0.6 is 23.4 Å². The van der Waals surface area contributed by atoms with Gasteiger partial charge in [0.25, 0.3) is 11.8 Å². The number of halogens is 1. The normalized spacial score (nSPS) is 16.9. The average molecular weight is 443 g/mol. The summed E-state index contributed by atoms with van der Waals surface area (Å²) in [5, 5.41) is 0.392. The maximum atomic E-state index is 13.0. The molecule has 1 aliphatic rings. The quantitative estimate of drug-likeness (QED) is 0.502. The van der Waals surface area contributed by atoms with Crippen molar-refractivity contribution in [2.24, 2.45) is 4.99 Å². The predicted octanol–water partition coefficient (Wildman–Crippen LogP) is 4.84. The standard InChI is InChI=1S/C22H19ClN2O4S/c1-22(2,3)29-18(26)13-17-20(28)25(14-9-5-4-6-10-14)21(30-17)24-19(27)15-11-7-8-12-16(15)23/h4-13H,1-3H3. The molecule has 0 spiro atoms. The fourth-order valence-electron chi connectivity index (χ4n) is 2.57. The van der Waals surface area contributed by atoms with Gasteiger partial charge < -0.3 is 4.74 Å². The third-order valence-corrected chi connectivity index (χ3v) is 5.08. The van der Waals surface area contributed by atoms with E-state index in [0.29, 0.717) is 5.69 Å². The lowest BCUT2D eigenvalue weighted by atomic mass is 10.2. The molecular formula is C22H19ClN2O4S. The Morgan fingerprint density at radius 3 is 2.33 bits per heavy atom. The van der Waals surface area contributed by atoms with Crippen LogP contribution in [0.5, 0.6) is 0 Å². The average Bonchev–Trinajstić information content (AvgIpc) is 2.96. The van der Waals surface area contributed by atoms with E-state index >= 15 is 0 Å². The van der Waals surface area contributed by atoms with Crippen LogP contribution in [0.25, 0.3) is 0 Å². The number of para-hydroxylation sites is 1. The summed E-state index contributed by atoms with van der Waals surface area (Å²) in [6.07, 6.45) is 1.12. The number of thioether (sulfide) groups is 1. The summed E-state index contributed by atoms with van der Waals surface area (Å²) in [7, 11) is 0. The molecule has 0 saturated carbocycles. The molecule has 1 heterocycles. The molecule has 0 bridgehead atoms. The Balaban J connectivity index is 1.99. The Bertz CT molecular complexity index is 1060. The fourth-order valence-corrected chi connectivity index (χ4v) is 3.73. The van der Waals surface area contributed by atoms with Crippen LogP contribution in [-0.4, -0.2) is 28.6 Å². The summed E-state index contributed by atoms with van der Waals surface area (Å²) in [6.45, 7) is 5.20. The van der Waals surface area contributed by atoms with E-state index in [9.17, 15) is 14.4 Å². The summed E-state index contributed by atoms with van der Waals surface area (Å²) in [5.74, 6) is -1.71. The van der Waals surface area contributed by atoms with Crippen LogP contribution < -0.4 is 4.90 Å². The number of rotatable bonds is 3. The van der Waals surface area contributed by atoms with E-state index in [0.717, 1.165) is 17.8 Å². The molecule has 0 unspecified atom stereocenters. The third-order valence-electron chi connectivity index (χ3n) is 3.78. The van der Waals surface area contributed by atoms with E-state index in [1.165, 1.54) is 4.90 Å². The van der Waals surface area contributed by atoms with Crippen molar-refractivity contribution < 1.29 is 19.1 Å². The minimum absolute atomic E-state index is 0.110. The number of hydrogen-bond donors (Lipinski definition) is 0. The minimum atomic E-state index is -0.698. The number of anilines is 1. The molecule has 0 aliphatic carbocycles. The first-order valence-corrected chi connectivity index (χ1v) is 10.2. The van der Waals surface area contributed by atoms with Crippen LogP contribution in [0.1, 0.15) is 31.1 Å². The van der Waals surface area contributed by atoms with Crippen LogP contribution in [0.3, 0.4) is 0 Å². The summed E-state index contributed by atoms with van der Waals surface area (Å²) in [5.41, 5.74) is 0.0434. The van der Waals surface area contributed by atoms with Gasteiger partial charge in [0.15, 0.2) is 5.17 Å². The van der Waals surface area contributed by atoms with E-state index in [4.69, 9.17) is 16.3 Å². The second kappa shape index (κ2) is 8.85. The number of hydrogen-bond acceptors (Lipinski definition) is 5. The molecule has 0 atom stereocenters. The number of aliphatic imine (C=N–C) groups is 1. The topological polar surface area (TPSA) is 76.0 Å². The van der Waals surface area contributed by atoms with Crippen molar-refractivity contribution >= 4 is 52.0 Å². The Morgan fingerprint density at radius 2 is 1.70 bits per heavy atom. The number of esters is 1. The van der Waals surface area contributed by atoms with E-state index in [1.807, 2.05) is 0 Å². The Hall–Kier alpha value is -2.90. The van der Waals surface area contributed by atoms with Gasteiger partial charge in [-0.2, -0.15) is 4.99 Å². The first-order valence-electron chi connectivity index (χ1n) is 9.05. The number of amidine groups is 1. The molecule has 1 aliphatic heterocycles. The molecule has 0 N–H and O–H groups in total. The second-order valence-electron chi connectivity index (χ2n) is 7.30. The van der Waals surface area contributed by atoms with Crippen LogP contribution in [0.4, 0.5) is 5.69 Å². The zero-order valence-electron chi connectivity index (χ0n) is 16.6. The minimum Gasteiger partial charge on any atom is -0.457 e. The van der Waals surface area contributed by atoms with Gasteiger partial charge in [0.05, 0.1) is 21.2 Å². The van der Waals surface area contributed by atoms with Crippen molar-refractivity contribution in [1.82, 2.24) is 0 Å². The summed E-state index contributed by atoms with van der Waals surface area (Å²) in [6, 6.07) is 15.3. The molecule has 2 aromatic carbocycles. The molecule has 8 heteroatoms. The van der Waals surface area contributed by atoms with Crippen molar-refractivity contribution in [3.05, 3.63) is 76.2 Å². The Labute approximate surface area is 183 Å². The molecule has 154 valence electrons. The summed E-state index contributed by atoms with van der Waals surface area (Å²) in [4.78, 5) is 43.4. The highest BCUT2D eigenvalue weighted by Crippen LogP contribution is 2.35. The predicted molar refractivity (Wildman–Crippen MR) is 119 cm³/mol. The lowest BCUT2D eigenvalue weighted by molar-refractivity contribution is -0.148. The highest BCUT2D eigenvalue weighted by Gasteiger charge is 2.36. The molecule has 6 nitrogen and oxygen atoms in total. The van der Waals surface area contributed by atoms with Gasteiger partial charge in [0.1, 0.15) is 5.60 Å². The van der Waals surface area contributed by atoms with Crippen LogP contribution in [0.2, 0.25) is 5.02 Å². The number of carbonyl (C=O) groups excluding carboxylic acids is 3. The first kappa shape index (κ1) is 21.8. The van der Waals surface area contributed by atoms with Gasteiger partial charge in [-0.05, 0) is 56.8 Å². The lowest BCUT2D eigenvalue weighted by Gasteiger charge is -2.18. The van der Waals surface area contributed by atoms with Gasteiger partial charge in [-0.3, -0.25) is 14.5 Å². The van der Waals surface area contributed by atoms with Gasteiger partial charge in [0, 0.05) is 6.08 Å². The van der Waals surface area contributed by atoms with E-state index < -0.39 is 23.4 Å². The van der Waals surface area contributed by atoms with Gasteiger partial charge in [0.2, 0.25) is 0 Å². The highest BCUT2D eigenvalue weighted by atomic mass is 35.5. The van der Waals surface area contributed by atoms with E-state index in [1.54, 1.807) is 75.4 Å². The van der Waals surface area contributed by atoms with Crippen molar-refractivity contribution in [3.63, 3.8) is 0 Å². The zero-order valence-corrected chi connectivity index (χ0v) is 18.2. The fraction of sp³-hybridized carbons (Fsp3) is 0.182. The van der Waals surface area contributed by atoms with Crippen LogP contribution in [0, 0.1) is 0 Å². The SMILES string of the molecule is CC(C)(C)OC(=O)C=C1SC(=NC(=O)c2ccccc2Cl)N(c2ccccc2)C1=O. The zero-order chi connectivity index (χ0) is 21.9. The molecule has 3 rings (SSSR count). The van der Waals surface area contributed by atoms with Crippen molar-refractivity contribution in [1.29, 1.82) is 0 Å². The number of amides is 2. The Kier molecular flexibility index (Phi) is 6.43. The van der Waals surface area contributed by atoms with Crippen LogP contribution in [-0.2, 0) is 14.3 Å². The van der Waals surface area contributed by atoms with Gasteiger partial charge >= 0.3 is 5.97 Å². The molecule has 1 saturated heterocycles. The molecule has 1 fully saturated rings. The summed E-state index contributed by atoms with van der Waals surface area (Å²) < 4.78 is 5.27. The highest BCUT2D eigenvalue weighted by molar-refractivity contribution is 8.19. The van der Waals surface area contributed by atoms with Crippen molar-refractivity contribution in [3.8, 4) is 0 Å². The smallest absolute Gasteiger partial charge is 0.332 e. The molecule has 2 aromatic rings.